The number of rotatable bonds is 11. The predicted octanol–water partition coefficient (Wildman–Crippen LogP) is 5.37. The largest absolute Gasteiger partial charge is 0.489 e. The van der Waals surface area contributed by atoms with Crippen LogP contribution in [0.4, 0.5) is 17.5 Å². The van der Waals surface area contributed by atoms with Crippen LogP contribution in [0.1, 0.15) is 70.4 Å². The number of halogens is 1. The normalized spacial score (nSPS) is 17.8. The van der Waals surface area contributed by atoms with Gasteiger partial charge in [-0.15, -0.1) is 0 Å². The molecule has 4 rings (SSSR count). The number of hydrogen-bond acceptors (Lipinski definition) is 10. The van der Waals surface area contributed by atoms with Crippen LogP contribution in [0.2, 0.25) is 5.02 Å². The molecule has 1 aliphatic heterocycles. The van der Waals surface area contributed by atoms with Crippen molar-refractivity contribution in [1.29, 1.82) is 0 Å². The van der Waals surface area contributed by atoms with E-state index >= 15 is 0 Å². The molecule has 10 nitrogen and oxygen atoms in total. The lowest BCUT2D eigenvalue weighted by atomic mass is 9.86. The maximum atomic E-state index is 12.9. The Kier molecular flexibility index (Phi) is 9.81. The van der Waals surface area contributed by atoms with Crippen LogP contribution in [-0.4, -0.2) is 67.0 Å². The topological polar surface area (TPSA) is 135 Å². The van der Waals surface area contributed by atoms with E-state index < -0.39 is 15.1 Å². The molecule has 2 heterocycles. The highest BCUT2D eigenvalue weighted by Crippen LogP contribution is 2.38. The van der Waals surface area contributed by atoms with Gasteiger partial charge in [0.2, 0.25) is 5.95 Å². The van der Waals surface area contributed by atoms with Crippen LogP contribution in [0.5, 0.6) is 5.75 Å². The number of benzene rings is 1. The fourth-order valence-corrected chi connectivity index (χ4v) is 5.70. The summed E-state index contributed by atoms with van der Waals surface area (Å²) in [6.07, 6.45) is 7.01. The molecular formula is C29H42ClN7O3S. The predicted molar refractivity (Wildman–Crippen MR) is 167 cm³/mol. The lowest BCUT2D eigenvalue weighted by Crippen LogP contribution is -2.29. The van der Waals surface area contributed by atoms with E-state index in [2.05, 4.69) is 56.6 Å². The van der Waals surface area contributed by atoms with Gasteiger partial charge in [-0.2, -0.15) is 4.98 Å². The number of allylic oxidation sites excluding steroid dienone is 1. The van der Waals surface area contributed by atoms with Crippen molar-refractivity contribution in [3.63, 3.8) is 0 Å². The van der Waals surface area contributed by atoms with E-state index in [4.69, 9.17) is 22.1 Å². The molecule has 4 N–H and O–H groups in total. The average molecular weight is 604 g/mol. The first-order valence-electron chi connectivity index (χ1n) is 14.2. The Hall–Kier alpha value is -2.89. The summed E-state index contributed by atoms with van der Waals surface area (Å²) >= 11 is 6.44. The van der Waals surface area contributed by atoms with Crippen molar-refractivity contribution in [2.24, 2.45) is 10.7 Å². The maximum absolute atomic E-state index is 12.9. The van der Waals surface area contributed by atoms with Gasteiger partial charge in [0, 0.05) is 6.21 Å². The van der Waals surface area contributed by atoms with Gasteiger partial charge in [-0.05, 0) is 110 Å². The third-order valence-electron chi connectivity index (χ3n) is 7.29. The van der Waals surface area contributed by atoms with E-state index in [1.807, 2.05) is 13.8 Å². The molecule has 1 saturated carbocycles. The highest BCUT2D eigenvalue weighted by atomic mass is 35.5. The number of likely N-dealkylation sites (tertiary alicyclic amines) is 1. The number of nitrogens with zero attached hydrogens (tertiary/aromatic N) is 4. The zero-order valence-electron chi connectivity index (χ0n) is 24.7. The van der Waals surface area contributed by atoms with E-state index in [1.54, 1.807) is 13.8 Å². The van der Waals surface area contributed by atoms with Crippen molar-refractivity contribution in [3.8, 4) is 5.75 Å². The monoisotopic (exact) mass is 603 g/mol. The van der Waals surface area contributed by atoms with Crippen molar-refractivity contribution in [2.75, 3.05) is 30.8 Å². The van der Waals surface area contributed by atoms with Crippen molar-refractivity contribution in [3.05, 3.63) is 45.2 Å². The molecular weight excluding hydrogens is 562 g/mol. The van der Waals surface area contributed by atoms with E-state index in [0.29, 0.717) is 5.92 Å². The molecule has 1 saturated heterocycles. The Bertz CT molecular complexity index is 1410. The zero-order valence-corrected chi connectivity index (χ0v) is 26.3. The van der Waals surface area contributed by atoms with Gasteiger partial charge in [-0.1, -0.05) is 11.6 Å². The minimum atomic E-state index is -3.75. The SMILES string of the molecule is Cc1cc(Nc2ncc(Cl)c(NC(C=NC3CC3)=C(N)S(=O)(=O)C(C)C)n2)c(OC(C)C)cc1C1CCN(C)CC1. The Morgan fingerprint density at radius 1 is 1.20 bits per heavy atom. The Balaban J connectivity index is 1.66. The van der Waals surface area contributed by atoms with Crippen LogP contribution in [0.25, 0.3) is 0 Å². The fraction of sp³-hybridized carbons (Fsp3) is 0.552. The third-order valence-corrected chi connectivity index (χ3v) is 9.64. The summed E-state index contributed by atoms with van der Waals surface area (Å²) in [5, 5.41) is 5.47. The average Bonchev–Trinajstić information content (AvgIpc) is 3.74. The molecule has 0 radical (unpaired) electrons. The van der Waals surface area contributed by atoms with E-state index in [9.17, 15) is 8.42 Å². The quantitative estimate of drug-likeness (QED) is 0.289. The van der Waals surface area contributed by atoms with Gasteiger partial charge in [0.05, 0.1) is 35.0 Å². The molecule has 0 unspecified atom stereocenters. The standard InChI is InChI=1S/C29H42ClN7O3S/c1-17(2)40-26-14-22(20-9-11-37(6)12-10-20)19(5)13-24(26)35-29-33-15-23(30)28(36-29)34-25(16-32-21-7-8-21)27(31)41(38,39)18(3)4/h13-18,20-21H,7-12,31H2,1-6H3,(H2,33,34,35,36). The molecule has 2 aliphatic rings. The first-order valence-corrected chi connectivity index (χ1v) is 16.1. The Morgan fingerprint density at radius 3 is 2.49 bits per heavy atom. The number of nitrogens with one attached hydrogen (secondary N) is 2. The van der Waals surface area contributed by atoms with Crippen LogP contribution in [0.3, 0.4) is 0 Å². The fourth-order valence-electron chi connectivity index (χ4n) is 4.64. The summed E-state index contributed by atoms with van der Waals surface area (Å²) in [6.45, 7) is 11.4. The highest BCUT2D eigenvalue weighted by molar-refractivity contribution is 7.95. The van der Waals surface area contributed by atoms with E-state index in [-0.39, 0.29) is 39.7 Å². The number of aryl methyl sites for hydroxylation is 1. The Labute approximate surface area is 248 Å². The van der Waals surface area contributed by atoms with Crippen LogP contribution in [0, 0.1) is 6.92 Å². The van der Waals surface area contributed by atoms with Crippen LogP contribution in [-0.2, 0) is 9.84 Å². The van der Waals surface area contributed by atoms with Gasteiger partial charge in [-0.3, -0.25) is 4.99 Å². The molecule has 0 amide bonds. The second-order valence-corrected chi connectivity index (χ2v) is 14.4. The maximum Gasteiger partial charge on any atom is 0.229 e. The lowest BCUT2D eigenvalue weighted by molar-refractivity contribution is 0.241. The van der Waals surface area contributed by atoms with Crippen molar-refractivity contribution in [1.82, 2.24) is 14.9 Å². The van der Waals surface area contributed by atoms with Gasteiger partial charge in [0.1, 0.15) is 10.8 Å². The molecule has 0 spiro atoms. The summed E-state index contributed by atoms with van der Waals surface area (Å²) in [5.41, 5.74) is 9.46. The minimum Gasteiger partial charge on any atom is -0.489 e. The second kappa shape index (κ2) is 13.0. The number of aromatic nitrogens is 2. The summed E-state index contributed by atoms with van der Waals surface area (Å²) in [7, 11) is -1.59. The molecule has 1 aromatic heterocycles. The summed E-state index contributed by atoms with van der Waals surface area (Å²) in [6, 6.07) is 4.37. The molecule has 41 heavy (non-hydrogen) atoms. The highest BCUT2D eigenvalue weighted by Gasteiger charge is 2.26. The molecule has 1 aromatic carbocycles. The number of piperidine rings is 1. The Morgan fingerprint density at radius 2 is 1.88 bits per heavy atom. The van der Waals surface area contributed by atoms with Crippen molar-refractivity contribution in [2.45, 2.75) is 83.6 Å². The van der Waals surface area contributed by atoms with Crippen LogP contribution >= 0.6 is 11.6 Å². The summed E-state index contributed by atoms with van der Waals surface area (Å²) in [4.78, 5) is 15.7. The van der Waals surface area contributed by atoms with Crippen LogP contribution < -0.4 is 21.1 Å². The van der Waals surface area contributed by atoms with Crippen molar-refractivity contribution >= 4 is 45.1 Å². The number of aliphatic imine (C=N–C) groups is 1. The van der Waals surface area contributed by atoms with Gasteiger partial charge in [0.25, 0.3) is 0 Å². The third kappa shape index (κ3) is 7.90. The molecule has 0 bridgehead atoms. The van der Waals surface area contributed by atoms with Gasteiger partial charge < -0.3 is 26.0 Å². The molecule has 224 valence electrons. The number of ether oxygens (including phenoxy) is 1. The van der Waals surface area contributed by atoms with Crippen molar-refractivity contribution < 1.29 is 13.2 Å². The molecule has 2 fully saturated rings. The van der Waals surface area contributed by atoms with Gasteiger partial charge >= 0.3 is 0 Å². The first-order chi connectivity index (χ1) is 19.3. The summed E-state index contributed by atoms with van der Waals surface area (Å²) < 4.78 is 31.9. The van der Waals surface area contributed by atoms with E-state index in [0.717, 1.165) is 50.2 Å². The number of sulfone groups is 1. The lowest BCUT2D eigenvalue weighted by Gasteiger charge is -2.30. The minimum absolute atomic E-state index is 0.0312. The number of hydrogen-bond donors (Lipinski definition) is 3. The van der Waals surface area contributed by atoms with Crippen LogP contribution in [0.15, 0.2) is 34.0 Å². The van der Waals surface area contributed by atoms with E-state index in [1.165, 1.54) is 23.5 Å². The van der Waals surface area contributed by atoms with Gasteiger partial charge in [-0.25, -0.2) is 13.4 Å². The molecule has 0 atom stereocenters. The second-order valence-electron chi connectivity index (χ2n) is 11.5. The molecule has 2 aromatic rings. The molecule has 1 aliphatic carbocycles. The summed E-state index contributed by atoms with van der Waals surface area (Å²) in [5.74, 6) is 1.67. The smallest absolute Gasteiger partial charge is 0.229 e. The first kappa shape index (κ1) is 31.1. The zero-order chi connectivity index (χ0) is 29.9. The molecule has 12 heteroatoms. The van der Waals surface area contributed by atoms with Gasteiger partial charge in [0.15, 0.2) is 20.7 Å². The number of nitrogens with two attached hydrogens (primary N) is 1. The number of anilines is 3.